The third kappa shape index (κ3) is 5.40. The van der Waals surface area contributed by atoms with Gasteiger partial charge in [-0.1, -0.05) is 6.07 Å². The second kappa shape index (κ2) is 7.91. The fraction of sp³-hybridized carbons (Fsp3) is 0.462. The first kappa shape index (κ1) is 15.7. The lowest BCUT2D eigenvalue weighted by Crippen LogP contribution is -2.17. The van der Waals surface area contributed by atoms with Crippen molar-refractivity contribution in [1.82, 2.24) is 0 Å². The molecule has 6 heteroatoms. The van der Waals surface area contributed by atoms with Gasteiger partial charge in [0.2, 0.25) is 5.91 Å². The molecule has 1 amide bonds. The first-order chi connectivity index (χ1) is 9.04. The van der Waals surface area contributed by atoms with Crippen molar-refractivity contribution in [3.8, 4) is 0 Å². The van der Waals surface area contributed by atoms with Crippen molar-refractivity contribution >= 4 is 28.1 Å². The zero-order valence-electron chi connectivity index (χ0n) is 11.3. The molecular weight excluding hydrogens is 264 g/mol. The minimum atomic E-state index is -1.02. The molecule has 0 saturated carbocycles. The third-order valence-corrected chi connectivity index (χ3v) is 4.00. The highest BCUT2D eigenvalue weighted by Gasteiger charge is 2.08. The van der Waals surface area contributed by atoms with Gasteiger partial charge >= 0.3 is 0 Å². The molecule has 106 valence electrons. The predicted molar refractivity (Wildman–Crippen MR) is 78.6 cm³/mol. The SMILES string of the molecule is COCCS(=O)CCC(=O)Nc1cccc(N)c1C. The normalized spacial score (nSPS) is 12.1. The summed E-state index contributed by atoms with van der Waals surface area (Å²) in [7, 11) is 0.543. The molecule has 1 rings (SSSR count). The van der Waals surface area contributed by atoms with Crippen molar-refractivity contribution in [1.29, 1.82) is 0 Å². The van der Waals surface area contributed by atoms with E-state index in [-0.39, 0.29) is 12.3 Å². The van der Waals surface area contributed by atoms with Crippen LogP contribution in [0.3, 0.4) is 0 Å². The zero-order valence-corrected chi connectivity index (χ0v) is 12.1. The molecule has 0 aliphatic heterocycles. The molecule has 5 nitrogen and oxygen atoms in total. The van der Waals surface area contributed by atoms with Crippen LogP contribution in [-0.2, 0) is 20.3 Å². The summed E-state index contributed by atoms with van der Waals surface area (Å²) in [6.07, 6.45) is 0.227. The van der Waals surface area contributed by atoms with E-state index < -0.39 is 10.8 Å². The predicted octanol–water partition coefficient (Wildman–Crippen LogP) is 1.30. The number of nitrogens with two attached hydrogens (primary N) is 1. The molecule has 1 unspecified atom stereocenters. The molecule has 0 saturated heterocycles. The minimum absolute atomic E-state index is 0.153. The van der Waals surface area contributed by atoms with Crippen molar-refractivity contribution in [3.05, 3.63) is 23.8 Å². The monoisotopic (exact) mass is 284 g/mol. The highest BCUT2D eigenvalue weighted by Crippen LogP contribution is 2.20. The van der Waals surface area contributed by atoms with Crippen LogP contribution in [-0.4, -0.2) is 35.3 Å². The van der Waals surface area contributed by atoms with Crippen LogP contribution in [0.4, 0.5) is 11.4 Å². The Morgan fingerprint density at radius 3 is 2.84 bits per heavy atom. The van der Waals surface area contributed by atoms with Crippen molar-refractivity contribution in [2.45, 2.75) is 13.3 Å². The van der Waals surface area contributed by atoms with Crippen LogP contribution in [0.15, 0.2) is 18.2 Å². The van der Waals surface area contributed by atoms with Gasteiger partial charge in [0.15, 0.2) is 0 Å². The molecule has 0 aromatic heterocycles. The van der Waals surface area contributed by atoms with Crippen molar-refractivity contribution in [2.75, 3.05) is 36.3 Å². The third-order valence-electron chi connectivity index (χ3n) is 2.72. The highest BCUT2D eigenvalue weighted by atomic mass is 32.2. The summed E-state index contributed by atoms with van der Waals surface area (Å²) in [4.78, 5) is 11.7. The first-order valence-corrected chi connectivity index (χ1v) is 7.52. The molecule has 0 spiro atoms. The number of carbonyl (C=O) groups excluding carboxylic acids is 1. The number of nitrogen functional groups attached to an aromatic ring is 1. The second-order valence-electron chi connectivity index (χ2n) is 4.16. The van der Waals surface area contributed by atoms with Crippen molar-refractivity contribution in [3.63, 3.8) is 0 Å². The Balaban J connectivity index is 2.43. The lowest BCUT2D eigenvalue weighted by Gasteiger charge is -2.10. The zero-order chi connectivity index (χ0) is 14.3. The molecule has 3 N–H and O–H groups in total. The fourth-order valence-electron chi connectivity index (χ4n) is 1.49. The Kier molecular flexibility index (Phi) is 6.52. The van der Waals surface area contributed by atoms with E-state index in [4.69, 9.17) is 10.5 Å². The molecule has 0 radical (unpaired) electrons. The molecule has 0 fully saturated rings. The number of anilines is 2. The Bertz CT molecular complexity index is 463. The van der Waals surface area contributed by atoms with Crippen LogP contribution in [0.25, 0.3) is 0 Å². The molecule has 19 heavy (non-hydrogen) atoms. The van der Waals surface area contributed by atoms with Gasteiger partial charge in [0, 0.05) is 47.2 Å². The van der Waals surface area contributed by atoms with Gasteiger partial charge in [-0.2, -0.15) is 0 Å². The van der Waals surface area contributed by atoms with Crippen molar-refractivity contribution in [2.24, 2.45) is 0 Å². The Hall–Kier alpha value is -1.40. The summed E-state index contributed by atoms with van der Waals surface area (Å²) >= 11 is 0. The highest BCUT2D eigenvalue weighted by molar-refractivity contribution is 7.85. The average molecular weight is 284 g/mol. The average Bonchev–Trinajstić information content (AvgIpc) is 2.39. The first-order valence-electron chi connectivity index (χ1n) is 6.03. The summed E-state index contributed by atoms with van der Waals surface area (Å²) in [5.74, 6) is 0.650. The lowest BCUT2D eigenvalue weighted by molar-refractivity contribution is -0.115. The summed E-state index contributed by atoms with van der Waals surface area (Å²) in [6.45, 7) is 2.30. The van der Waals surface area contributed by atoms with Gasteiger partial charge in [-0.25, -0.2) is 0 Å². The summed E-state index contributed by atoms with van der Waals surface area (Å²) in [5.41, 5.74) is 7.95. The quantitative estimate of drug-likeness (QED) is 0.739. The summed E-state index contributed by atoms with van der Waals surface area (Å²) in [6, 6.07) is 5.37. The van der Waals surface area contributed by atoms with Crippen LogP contribution in [0, 0.1) is 6.92 Å². The molecule has 0 aliphatic rings. The van der Waals surface area contributed by atoms with E-state index in [9.17, 15) is 9.00 Å². The Morgan fingerprint density at radius 2 is 2.16 bits per heavy atom. The standard InChI is InChI=1S/C13H20N2O3S/c1-10-11(14)4-3-5-12(10)15-13(16)6-8-19(17)9-7-18-2/h3-5H,6-9,14H2,1-2H3,(H,15,16). The van der Waals surface area contributed by atoms with Crippen LogP contribution >= 0.6 is 0 Å². The molecule has 1 aromatic rings. The number of rotatable bonds is 7. The topological polar surface area (TPSA) is 81.4 Å². The maximum absolute atomic E-state index is 11.7. The maximum atomic E-state index is 11.7. The number of nitrogens with one attached hydrogen (secondary N) is 1. The van der Waals surface area contributed by atoms with Crippen LogP contribution in [0.2, 0.25) is 0 Å². The van der Waals surface area contributed by atoms with Crippen LogP contribution in [0.1, 0.15) is 12.0 Å². The van der Waals surface area contributed by atoms with Crippen molar-refractivity contribution < 1.29 is 13.7 Å². The number of hydrogen-bond acceptors (Lipinski definition) is 4. The number of carbonyl (C=O) groups is 1. The molecule has 1 atom stereocenters. The van der Waals surface area contributed by atoms with Gasteiger partial charge in [-0.3, -0.25) is 9.00 Å². The van der Waals surface area contributed by atoms with E-state index in [1.165, 1.54) is 0 Å². The van der Waals surface area contributed by atoms with Gasteiger partial charge in [-0.15, -0.1) is 0 Å². The van der Waals surface area contributed by atoms with E-state index in [1.54, 1.807) is 25.3 Å². The maximum Gasteiger partial charge on any atom is 0.225 e. The van der Waals surface area contributed by atoms with E-state index in [2.05, 4.69) is 5.32 Å². The number of ether oxygens (including phenoxy) is 1. The summed E-state index contributed by atoms with van der Waals surface area (Å²) < 4.78 is 16.3. The van der Waals surface area contributed by atoms with Gasteiger partial charge in [0.25, 0.3) is 0 Å². The van der Waals surface area contributed by atoms with E-state index >= 15 is 0 Å². The number of amides is 1. The largest absolute Gasteiger partial charge is 0.398 e. The number of methoxy groups -OCH3 is 1. The van der Waals surface area contributed by atoms with E-state index in [1.807, 2.05) is 6.92 Å². The molecular formula is C13H20N2O3S. The molecule has 0 aliphatic carbocycles. The van der Waals surface area contributed by atoms with Gasteiger partial charge in [-0.05, 0) is 24.6 Å². The van der Waals surface area contributed by atoms with Gasteiger partial charge in [0.1, 0.15) is 0 Å². The molecule has 1 aromatic carbocycles. The Morgan fingerprint density at radius 1 is 1.42 bits per heavy atom. The van der Waals surface area contributed by atoms with E-state index in [0.717, 1.165) is 5.56 Å². The minimum Gasteiger partial charge on any atom is -0.398 e. The van der Waals surface area contributed by atoms with Crippen LogP contribution in [0.5, 0.6) is 0 Å². The molecule has 0 heterocycles. The second-order valence-corrected chi connectivity index (χ2v) is 5.86. The van der Waals surface area contributed by atoms with Crippen LogP contribution < -0.4 is 11.1 Å². The molecule has 0 bridgehead atoms. The summed E-state index contributed by atoms with van der Waals surface area (Å²) in [5, 5.41) is 2.78. The number of benzene rings is 1. The number of hydrogen-bond donors (Lipinski definition) is 2. The lowest BCUT2D eigenvalue weighted by atomic mass is 10.1. The smallest absolute Gasteiger partial charge is 0.225 e. The van der Waals surface area contributed by atoms with Gasteiger partial charge < -0.3 is 15.8 Å². The van der Waals surface area contributed by atoms with E-state index in [0.29, 0.717) is 29.5 Å². The fourth-order valence-corrected chi connectivity index (χ4v) is 2.46. The Labute approximate surface area is 116 Å². The van der Waals surface area contributed by atoms with Gasteiger partial charge in [0.05, 0.1) is 6.61 Å².